The molecule has 0 spiro atoms. The molecule has 1 saturated heterocycles. The van der Waals surface area contributed by atoms with E-state index in [9.17, 15) is 0 Å². The van der Waals surface area contributed by atoms with Crippen LogP contribution in [0, 0.1) is 0 Å². The fraction of sp³-hybridized carbons (Fsp3) is 0.312. The number of nitrogens with two attached hydrogens (primary N) is 1. The Kier molecular flexibility index (Phi) is 3.95. The third kappa shape index (κ3) is 2.88. The molecule has 124 valence electrons. The molecule has 2 aromatic heterocycles. The van der Waals surface area contributed by atoms with Gasteiger partial charge in [0.25, 0.3) is 0 Å². The van der Waals surface area contributed by atoms with Crippen molar-refractivity contribution in [1.29, 1.82) is 0 Å². The number of aromatic nitrogens is 4. The van der Waals surface area contributed by atoms with Gasteiger partial charge < -0.3 is 15.8 Å². The lowest BCUT2D eigenvalue weighted by Gasteiger charge is -2.23. The predicted octanol–water partition coefficient (Wildman–Crippen LogP) is 3.50. The van der Waals surface area contributed by atoms with Gasteiger partial charge in [0.05, 0.1) is 6.33 Å². The molecule has 7 nitrogen and oxygen atoms in total. The van der Waals surface area contributed by atoms with Crippen molar-refractivity contribution in [3.05, 3.63) is 35.9 Å². The number of rotatable bonds is 3. The van der Waals surface area contributed by atoms with Gasteiger partial charge in [0.2, 0.25) is 5.28 Å². The first-order valence-electron chi connectivity index (χ1n) is 7.85. The van der Waals surface area contributed by atoms with Gasteiger partial charge in [0, 0.05) is 18.0 Å². The average Bonchev–Trinajstić information content (AvgIpc) is 3.01. The van der Waals surface area contributed by atoms with Crippen LogP contribution in [0.25, 0.3) is 11.2 Å². The fourth-order valence-electron chi connectivity index (χ4n) is 2.83. The minimum atomic E-state index is -0.0564. The third-order valence-corrected chi connectivity index (χ3v) is 4.20. The first-order chi connectivity index (χ1) is 11.7. The van der Waals surface area contributed by atoms with Crippen LogP contribution in [-0.4, -0.2) is 26.1 Å². The molecule has 0 saturated carbocycles. The second-order valence-electron chi connectivity index (χ2n) is 5.73. The van der Waals surface area contributed by atoms with E-state index in [1.807, 2.05) is 28.8 Å². The lowest BCUT2D eigenvalue weighted by molar-refractivity contribution is -0.0298. The lowest BCUT2D eigenvalue weighted by Crippen LogP contribution is -2.17. The van der Waals surface area contributed by atoms with Crippen molar-refractivity contribution in [2.45, 2.75) is 25.5 Å². The Balaban J connectivity index is 1.73. The van der Waals surface area contributed by atoms with Crippen molar-refractivity contribution in [2.24, 2.45) is 0 Å². The minimum absolute atomic E-state index is 0.0564. The molecular weight excluding hydrogens is 328 g/mol. The van der Waals surface area contributed by atoms with Crippen LogP contribution in [0.2, 0.25) is 5.28 Å². The molecule has 24 heavy (non-hydrogen) atoms. The minimum Gasteiger partial charge on any atom is -0.399 e. The third-order valence-electron chi connectivity index (χ3n) is 4.03. The quantitative estimate of drug-likeness (QED) is 0.558. The monoisotopic (exact) mass is 344 g/mol. The largest absolute Gasteiger partial charge is 0.399 e. The van der Waals surface area contributed by atoms with Gasteiger partial charge in [0.1, 0.15) is 6.23 Å². The molecule has 3 N–H and O–H groups in total. The Morgan fingerprint density at radius 1 is 1.21 bits per heavy atom. The van der Waals surface area contributed by atoms with Crippen molar-refractivity contribution in [1.82, 2.24) is 19.5 Å². The number of nitrogen functional groups attached to an aromatic ring is 1. The van der Waals surface area contributed by atoms with Gasteiger partial charge >= 0.3 is 0 Å². The highest BCUT2D eigenvalue weighted by atomic mass is 35.5. The molecule has 1 aliphatic rings. The Hall–Kier alpha value is -2.38. The molecule has 0 bridgehead atoms. The molecule has 1 unspecified atom stereocenters. The Morgan fingerprint density at radius 3 is 2.79 bits per heavy atom. The van der Waals surface area contributed by atoms with Gasteiger partial charge in [0.15, 0.2) is 17.0 Å². The van der Waals surface area contributed by atoms with Crippen molar-refractivity contribution in [2.75, 3.05) is 17.7 Å². The maximum atomic E-state index is 6.12. The van der Waals surface area contributed by atoms with E-state index in [0.717, 1.165) is 31.6 Å². The van der Waals surface area contributed by atoms with Gasteiger partial charge in [-0.1, -0.05) is 0 Å². The zero-order chi connectivity index (χ0) is 16.5. The number of benzene rings is 1. The normalized spacial score (nSPS) is 18.0. The van der Waals surface area contributed by atoms with Crippen molar-refractivity contribution >= 4 is 40.0 Å². The van der Waals surface area contributed by atoms with Crippen LogP contribution >= 0.6 is 11.6 Å². The lowest BCUT2D eigenvalue weighted by atomic mass is 10.2. The first kappa shape index (κ1) is 15.2. The highest BCUT2D eigenvalue weighted by molar-refractivity contribution is 6.28. The van der Waals surface area contributed by atoms with Crippen LogP contribution in [0.1, 0.15) is 25.5 Å². The van der Waals surface area contributed by atoms with E-state index in [2.05, 4.69) is 20.3 Å². The zero-order valence-electron chi connectivity index (χ0n) is 12.9. The maximum absolute atomic E-state index is 6.12. The van der Waals surface area contributed by atoms with Gasteiger partial charge in [-0.3, -0.25) is 4.57 Å². The van der Waals surface area contributed by atoms with E-state index in [-0.39, 0.29) is 11.5 Å². The molecular formula is C16H17ClN6O. The summed E-state index contributed by atoms with van der Waals surface area (Å²) in [7, 11) is 0. The second kappa shape index (κ2) is 6.26. The Morgan fingerprint density at radius 2 is 2.04 bits per heavy atom. The molecule has 8 heteroatoms. The standard InChI is InChI=1S/C16H17ClN6O/c17-16-21-14(20-11-6-4-10(18)5-7-11)13-15(22-16)23(9-19-13)12-3-1-2-8-24-12/h4-7,9,12H,1-3,8,18H2,(H,20,21,22). The van der Waals surface area contributed by atoms with E-state index in [1.165, 1.54) is 0 Å². The summed E-state index contributed by atoms with van der Waals surface area (Å²) in [5.74, 6) is 0.560. The number of hydrogen-bond acceptors (Lipinski definition) is 6. The maximum Gasteiger partial charge on any atom is 0.226 e. The molecule has 3 aromatic rings. The summed E-state index contributed by atoms with van der Waals surface area (Å²) in [5.41, 5.74) is 8.59. The molecule has 1 aliphatic heterocycles. The summed E-state index contributed by atoms with van der Waals surface area (Å²) in [6, 6.07) is 7.38. The number of nitrogens with one attached hydrogen (secondary N) is 1. The highest BCUT2D eigenvalue weighted by Crippen LogP contribution is 2.29. The number of ether oxygens (including phenoxy) is 1. The van der Waals surface area contributed by atoms with Crippen LogP contribution in [-0.2, 0) is 4.74 Å². The zero-order valence-corrected chi connectivity index (χ0v) is 13.7. The van der Waals surface area contributed by atoms with Crippen LogP contribution in [0.3, 0.4) is 0 Å². The van der Waals surface area contributed by atoms with E-state index in [1.54, 1.807) is 6.33 Å². The Bertz CT molecular complexity index is 857. The Labute approximate surface area is 143 Å². The van der Waals surface area contributed by atoms with Crippen LogP contribution in [0.5, 0.6) is 0 Å². The van der Waals surface area contributed by atoms with E-state index >= 15 is 0 Å². The van der Waals surface area contributed by atoms with Crippen molar-refractivity contribution in [3.63, 3.8) is 0 Å². The SMILES string of the molecule is Nc1ccc(Nc2nc(Cl)nc3c2ncn3C2CCCCO2)cc1. The molecule has 0 aliphatic carbocycles. The van der Waals surface area contributed by atoms with Crippen LogP contribution in [0.15, 0.2) is 30.6 Å². The second-order valence-corrected chi connectivity index (χ2v) is 6.07. The molecule has 1 aromatic carbocycles. The topological polar surface area (TPSA) is 90.9 Å². The average molecular weight is 345 g/mol. The molecule has 3 heterocycles. The van der Waals surface area contributed by atoms with Crippen LogP contribution in [0.4, 0.5) is 17.2 Å². The fourth-order valence-corrected chi connectivity index (χ4v) is 3.00. The highest BCUT2D eigenvalue weighted by Gasteiger charge is 2.21. The number of hydrogen-bond donors (Lipinski definition) is 2. The van der Waals surface area contributed by atoms with Gasteiger partial charge in [-0.15, -0.1) is 0 Å². The molecule has 1 atom stereocenters. The van der Waals surface area contributed by atoms with E-state index in [0.29, 0.717) is 22.7 Å². The number of nitrogens with zero attached hydrogens (tertiary/aromatic N) is 4. The summed E-state index contributed by atoms with van der Waals surface area (Å²) < 4.78 is 7.75. The smallest absolute Gasteiger partial charge is 0.226 e. The predicted molar refractivity (Wildman–Crippen MR) is 93.3 cm³/mol. The summed E-state index contributed by atoms with van der Waals surface area (Å²) in [6.45, 7) is 0.750. The molecule has 4 rings (SSSR count). The summed E-state index contributed by atoms with van der Waals surface area (Å²) >= 11 is 6.12. The molecule has 1 fully saturated rings. The molecule has 0 radical (unpaired) electrons. The summed E-state index contributed by atoms with van der Waals surface area (Å²) in [4.78, 5) is 13.1. The molecule has 0 amide bonds. The van der Waals surface area contributed by atoms with Crippen molar-refractivity contribution in [3.8, 4) is 0 Å². The van der Waals surface area contributed by atoms with E-state index in [4.69, 9.17) is 22.1 Å². The number of anilines is 3. The van der Waals surface area contributed by atoms with E-state index < -0.39 is 0 Å². The number of fused-ring (bicyclic) bond motifs is 1. The van der Waals surface area contributed by atoms with Crippen LogP contribution < -0.4 is 11.1 Å². The van der Waals surface area contributed by atoms with Crippen molar-refractivity contribution < 1.29 is 4.74 Å². The first-order valence-corrected chi connectivity index (χ1v) is 8.23. The number of imidazole rings is 1. The number of halogens is 1. The van der Waals surface area contributed by atoms with Gasteiger partial charge in [-0.2, -0.15) is 9.97 Å². The summed E-state index contributed by atoms with van der Waals surface area (Å²) in [6.07, 6.45) is 4.83. The summed E-state index contributed by atoms with van der Waals surface area (Å²) in [5, 5.41) is 3.39. The van der Waals surface area contributed by atoms with Gasteiger partial charge in [-0.05, 0) is 55.1 Å². The van der Waals surface area contributed by atoms with Gasteiger partial charge in [-0.25, -0.2) is 4.98 Å².